The molecule has 1 amide bonds. The van der Waals surface area contributed by atoms with Gasteiger partial charge in [0.1, 0.15) is 0 Å². The molecule has 0 aliphatic heterocycles. The SMILES string of the molecule is C=CCSc1nnc(NC(=O)c2cc3c(s2)CCCC3)s1. The Morgan fingerprint density at radius 2 is 2.24 bits per heavy atom. The monoisotopic (exact) mass is 337 g/mol. The zero-order valence-electron chi connectivity index (χ0n) is 11.4. The fourth-order valence-electron chi connectivity index (χ4n) is 2.21. The van der Waals surface area contributed by atoms with Gasteiger partial charge >= 0.3 is 0 Å². The number of thioether (sulfide) groups is 1. The molecule has 0 aromatic carbocycles. The number of hydrogen-bond donors (Lipinski definition) is 1. The largest absolute Gasteiger partial charge is 0.296 e. The lowest BCUT2D eigenvalue weighted by molar-refractivity contribution is 0.103. The van der Waals surface area contributed by atoms with E-state index < -0.39 is 0 Å². The third-order valence-corrected chi connectivity index (χ3v) is 6.38. The molecule has 2 aromatic heterocycles. The minimum atomic E-state index is -0.0779. The Balaban J connectivity index is 1.66. The second-order valence-electron chi connectivity index (χ2n) is 4.69. The van der Waals surface area contributed by atoms with E-state index in [-0.39, 0.29) is 5.91 Å². The first-order valence-electron chi connectivity index (χ1n) is 6.76. The molecule has 1 aliphatic carbocycles. The number of aromatic nitrogens is 2. The molecule has 1 N–H and O–H groups in total. The molecule has 7 heteroatoms. The zero-order chi connectivity index (χ0) is 14.7. The smallest absolute Gasteiger partial charge is 0.267 e. The molecule has 1 aliphatic rings. The van der Waals surface area contributed by atoms with Gasteiger partial charge in [0.2, 0.25) is 5.13 Å². The lowest BCUT2D eigenvalue weighted by Crippen LogP contribution is -2.09. The lowest BCUT2D eigenvalue weighted by atomic mass is 9.99. The molecule has 0 fully saturated rings. The van der Waals surface area contributed by atoms with Crippen molar-refractivity contribution in [1.82, 2.24) is 10.2 Å². The van der Waals surface area contributed by atoms with Crippen LogP contribution in [0.25, 0.3) is 0 Å². The van der Waals surface area contributed by atoms with Gasteiger partial charge in [0.05, 0.1) is 4.88 Å². The van der Waals surface area contributed by atoms with E-state index in [1.54, 1.807) is 23.1 Å². The standard InChI is InChI=1S/C14H15N3OS3/c1-2-7-19-14-17-16-13(21-14)15-12(18)11-8-9-5-3-4-6-10(9)20-11/h2,8H,1,3-7H2,(H,15,16,18). The van der Waals surface area contributed by atoms with Crippen molar-refractivity contribution in [2.45, 2.75) is 30.0 Å². The third-order valence-electron chi connectivity index (χ3n) is 3.17. The van der Waals surface area contributed by atoms with Gasteiger partial charge in [-0.05, 0) is 37.3 Å². The summed E-state index contributed by atoms with van der Waals surface area (Å²) in [6.45, 7) is 3.67. The van der Waals surface area contributed by atoms with Crippen molar-refractivity contribution in [3.05, 3.63) is 34.0 Å². The predicted molar refractivity (Wildman–Crippen MR) is 89.7 cm³/mol. The topological polar surface area (TPSA) is 54.9 Å². The number of hydrogen-bond acceptors (Lipinski definition) is 6. The number of fused-ring (bicyclic) bond motifs is 1. The summed E-state index contributed by atoms with van der Waals surface area (Å²) >= 11 is 4.57. The summed E-state index contributed by atoms with van der Waals surface area (Å²) in [5.41, 5.74) is 1.34. The number of aryl methyl sites for hydroxylation is 2. The van der Waals surface area contributed by atoms with E-state index in [0.29, 0.717) is 5.13 Å². The highest BCUT2D eigenvalue weighted by Gasteiger charge is 2.18. The second-order valence-corrected chi connectivity index (χ2v) is 8.07. The average Bonchev–Trinajstić information content (AvgIpc) is 3.11. The minimum absolute atomic E-state index is 0.0779. The van der Waals surface area contributed by atoms with Gasteiger partial charge in [0, 0.05) is 10.6 Å². The fourth-order valence-corrected chi connectivity index (χ4v) is 4.87. The maximum atomic E-state index is 12.3. The first kappa shape index (κ1) is 14.7. The molecular weight excluding hydrogens is 322 g/mol. The maximum absolute atomic E-state index is 12.3. The molecule has 0 radical (unpaired) electrons. The molecule has 0 saturated carbocycles. The van der Waals surface area contributed by atoms with Crippen LogP contribution in [0.15, 0.2) is 23.1 Å². The Kier molecular flexibility index (Phi) is 4.72. The highest BCUT2D eigenvalue weighted by Crippen LogP contribution is 2.31. The van der Waals surface area contributed by atoms with Crippen molar-refractivity contribution in [1.29, 1.82) is 0 Å². The van der Waals surface area contributed by atoms with E-state index in [2.05, 4.69) is 22.1 Å². The molecule has 2 aromatic rings. The number of carbonyl (C=O) groups excluding carboxylic acids is 1. The van der Waals surface area contributed by atoms with Gasteiger partial charge in [0.25, 0.3) is 5.91 Å². The van der Waals surface area contributed by atoms with Crippen LogP contribution < -0.4 is 5.32 Å². The molecule has 4 nitrogen and oxygen atoms in total. The maximum Gasteiger partial charge on any atom is 0.267 e. The van der Waals surface area contributed by atoms with E-state index in [0.717, 1.165) is 27.8 Å². The fraction of sp³-hybridized carbons (Fsp3) is 0.357. The zero-order valence-corrected chi connectivity index (χ0v) is 13.9. The summed E-state index contributed by atoms with van der Waals surface area (Å²) < 4.78 is 0.843. The van der Waals surface area contributed by atoms with Crippen LogP contribution in [0.2, 0.25) is 0 Å². The van der Waals surface area contributed by atoms with Crippen molar-refractivity contribution < 1.29 is 4.79 Å². The number of thiophene rings is 1. The highest BCUT2D eigenvalue weighted by molar-refractivity contribution is 8.01. The van der Waals surface area contributed by atoms with E-state index in [9.17, 15) is 4.79 Å². The Bertz CT molecular complexity index is 639. The number of rotatable bonds is 5. The predicted octanol–water partition coefficient (Wildman–Crippen LogP) is 4.01. The summed E-state index contributed by atoms with van der Waals surface area (Å²) in [5.74, 6) is 0.714. The lowest BCUT2D eigenvalue weighted by Gasteiger charge is -2.08. The quantitative estimate of drug-likeness (QED) is 0.509. The highest BCUT2D eigenvalue weighted by atomic mass is 32.2. The van der Waals surface area contributed by atoms with E-state index in [1.165, 1.54) is 34.6 Å². The number of amides is 1. The molecule has 3 rings (SSSR count). The number of anilines is 1. The van der Waals surface area contributed by atoms with E-state index in [4.69, 9.17) is 0 Å². The van der Waals surface area contributed by atoms with Gasteiger partial charge in [-0.25, -0.2) is 0 Å². The molecule has 0 atom stereocenters. The van der Waals surface area contributed by atoms with Gasteiger partial charge in [-0.1, -0.05) is 29.2 Å². The van der Waals surface area contributed by atoms with Crippen LogP contribution in [0.5, 0.6) is 0 Å². The van der Waals surface area contributed by atoms with Crippen LogP contribution in [0.3, 0.4) is 0 Å². The van der Waals surface area contributed by atoms with Crippen molar-refractivity contribution in [2.75, 3.05) is 11.1 Å². The molecule has 2 heterocycles. The van der Waals surface area contributed by atoms with E-state index in [1.807, 2.05) is 12.1 Å². The number of carbonyl (C=O) groups is 1. The Labute approximate surface area is 135 Å². The van der Waals surface area contributed by atoms with Crippen molar-refractivity contribution in [3.63, 3.8) is 0 Å². The molecular formula is C14H15N3OS3. The van der Waals surface area contributed by atoms with Gasteiger partial charge in [-0.2, -0.15) is 0 Å². The summed E-state index contributed by atoms with van der Waals surface area (Å²) in [6.07, 6.45) is 6.48. The van der Waals surface area contributed by atoms with Gasteiger partial charge in [-0.15, -0.1) is 28.1 Å². The number of nitrogens with zero attached hydrogens (tertiary/aromatic N) is 2. The summed E-state index contributed by atoms with van der Waals surface area (Å²) in [5, 5.41) is 11.4. The first-order valence-corrected chi connectivity index (χ1v) is 9.38. The Hall–Kier alpha value is -1.18. The van der Waals surface area contributed by atoms with Crippen molar-refractivity contribution in [2.24, 2.45) is 0 Å². The summed E-state index contributed by atoms with van der Waals surface area (Å²) in [4.78, 5) is 14.4. The molecule has 110 valence electrons. The van der Waals surface area contributed by atoms with Gasteiger partial charge < -0.3 is 0 Å². The van der Waals surface area contributed by atoms with Crippen LogP contribution in [0.1, 0.15) is 33.0 Å². The minimum Gasteiger partial charge on any atom is -0.296 e. The van der Waals surface area contributed by atoms with Gasteiger partial charge in [-0.3, -0.25) is 10.1 Å². The van der Waals surface area contributed by atoms with Crippen LogP contribution in [0.4, 0.5) is 5.13 Å². The van der Waals surface area contributed by atoms with E-state index >= 15 is 0 Å². The summed E-state index contributed by atoms with van der Waals surface area (Å²) in [6, 6.07) is 2.03. The third kappa shape index (κ3) is 3.53. The van der Waals surface area contributed by atoms with Gasteiger partial charge in [0.15, 0.2) is 4.34 Å². The molecule has 21 heavy (non-hydrogen) atoms. The summed E-state index contributed by atoms with van der Waals surface area (Å²) in [7, 11) is 0. The molecule has 0 bridgehead atoms. The Morgan fingerprint density at radius 1 is 1.38 bits per heavy atom. The first-order chi connectivity index (χ1) is 10.3. The van der Waals surface area contributed by atoms with Crippen LogP contribution in [-0.2, 0) is 12.8 Å². The van der Waals surface area contributed by atoms with Crippen molar-refractivity contribution in [3.8, 4) is 0 Å². The average molecular weight is 337 g/mol. The van der Waals surface area contributed by atoms with Crippen molar-refractivity contribution >= 4 is 45.5 Å². The molecule has 0 spiro atoms. The normalized spacial score (nSPS) is 13.7. The number of nitrogens with one attached hydrogen (secondary N) is 1. The van der Waals surface area contributed by atoms with Crippen LogP contribution in [0, 0.1) is 0 Å². The Morgan fingerprint density at radius 3 is 3.05 bits per heavy atom. The molecule has 0 unspecified atom stereocenters. The van der Waals surface area contributed by atoms with Crippen LogP contribution in [-0.4, -0.2) is 21.9 Å². The molecule has 0 saturated heterocycles. The second kappa shape index (κ2) is 6.72. The van der Waals surface area contributed by atoms with Crippen LogP contribution >= 0.6 is 34.4 Å².